The maximum Gasteiger partial charge on any atom is 0.311 e. The molecular formula is C18H25NO3. The van der Waals surface area contributed by atoms with E-state index in [1.54, 1.807) is 7.11 Å². The number of hydrogen-bond acceptors (Lipinski definition) is 3. The minimum Gasteiger partial charge on any atom is -0.481 e. The van der Waals surface area contributed by atoms with E-state index in [4.69, 9.17) is 4.74 Å². The van der Waals surface area contributed by atoms with E-state index in [2.05, 4.69) is 29.2 Å². The Morgan fingerprint density at radius 2 is 2.05 bits per heavy atom. The summed E-state index contributed by atoms with van der Waals surface area (Å²) < 4.78 is 5.15. The Kier molecular flexibility index (Phi) is 4.50. The quantitative estimate of drug-likeness (QED) is 0.907. The lowest BCUT2D eigenvalue weighted by molar-refractivity contribution is -0.154. The largest absolute Gasteiger partial charge is 0.481 e. The van der Waals surface area contributed by atoms with Gasteiger partial charge in [-0.05, 0) is 49.8 Å². The highest BCUT2D eigenvalue weighted by atomic mass is 16.5. The number of nitrogens with zero attached hydrogens (tertiary/aromatic N) is 1. The number of rotatable bonds is 5. The first-order valence-electron chi connectivity index (χ1n) is 8.18. The van der Waals surface area contributed by atoms with Crippen molar-refractivity contribution in [2.75, 3.05) is 26.8 Å². The van der Waals surface area contributed by atoms with Crippen molar-refractivity contribution in [3.8, 4) is 0 Å². The van der Waals surface area contributed by atoms with Crippen LogP contribution in [0, 0.1) is 5.41 Å². The predicted octanol–water partition coefficient (Wildman–Crippen LogP) is 2.36. The van der Waals surface area contributed by atoms with E-state index in [1.807, 2.05) is 0 Å². The monoisotopic (exact) mass is 303 g/mol. The average Bonchev–Trinajstić information content (AvgIpc) is 2.97. The molecule has 1 aliphatic carbocycles. The molecule has 1 N–H and O–H groups in total. The third kappa shape index (κ3) is 2.90. The van der Waals surface area contributed by atoms with Gasteiger partial charge >= 0.3 is 5.97 Å². The molecule has 1 aromatic carbocycles. The summed E-state index contributed by atoms with van der Waals surface area (Å²) in [7, 11) is 1.64. The van der Waals surface area contributed by atoms with Gasteiger partial charge in [-0.15, -0.1) is 0 Å². The zero-order chi connectivity index (χ0) is 15.6. The lowest BCUT2D eigenvalue weighted by Gasteiger charge is -2.42. The highest BCUT2D eigenvalue weighted by Gasteiger charge is 2.44. The maximum atomic E-state index is 11.9. The van der Waals surface area contributed by atoms with Gasteiger partial charge in [0.2, 0.25) is 0 Å². The van der Waals surface area contributed by atoms with Crippen LogP contribution in [0.25, 0.3) is 0 Å². The van der Waals surface area contributed by atoms with Crippen molar-refractivity contribution < 1.29 is 14.6 Å². The van der Waals surface area contributed by atoms with Gasteiger partial charge in [-0.25, -0.2) is 0 Å². The Morgan fingerprint density at radius 3 is 2.64 bits per heavy atom. The van der Waals surface area contributed by atoms with Crippen molar-refractivity contribution in [3.05, 3.63) is 35.4 Å². The van der Waals surface area contributed by atoms with Gasteiger partial charge in [0.25, 0.3) is 0 Å². The summed E-state index contributed by atoms with van der Waals surface area (Å²) in [5.41, 5.74) is 2.22. The van der Waals surface area contributed by atoms with Gasteiger partial charge in [-0.2, -0.15) is 0 Å². The Bertz CT molecular complexity index is 520. The van der Waals surface area contributed by atoms with E-state index < -0.39 is 11.4 Å². The fraction of sp³-hybridized carbons (Fsp3) is 0.611. The lowest BCUT2D eigenvalue weighted by atomic mass is 9.76. The van der Waals surface area contributed by atoms with Crippen molar-refractivity contribution in [3.63, 3.8) is 0 Å². The fourth-order valence-electron chi connectivity index (χ4n) is 4.06. The van der Waals surface area contributed by atoms with Crippen molar-refractivity contribution in [1.29, 1.82) is 0 Å². The molecule has 2 aliphatic rings. The number of aliphatic carboxylic acids is 1. The molecule has 4 nitrogen and oxygen atoms in total. The fourth-order valence-corrected chi connectivity index (χ4v) is 4.06. The Labute approximate surface area is 132 Å². The Balaban J connectivity index is 1.72. The third-order valence-corrected chi connectivity index (χ3v) is 5.39. The number of fused-ring (bicyclic) bond motifs is 1. The first-order valence-corrected chi connectivity index (χ1v) is 8.18. The molecule has 22 heavy (non-hydrogen) atoms. The summed E-state index contributed by atoms with van der Waals surface area (Å²) in [4.78, 5) is 14.3. The molecule has 4 heteroatoms. The molecule has 1 atom stereocenters. The number of benzene rings is 1. The minimum atomic E-state index is -0.662. The van der Waals surface area contributed by atoms with Crippen LogP contribution in [0.2, 0.25) is 0 Å². The molecule has 1 saturated heterocycles. The number of carboxylic acids is 1. The molecule has 0 spiro atoms. The molecule has 0 saturated carbocycles. The lowest BCUT2D eigenvalue weighted by Crippen LogP contribution is -2.52. The van der Waals surface area contributed by atoms with Crippen molar-refractivity contribution >= 4 is 5.97 Å². The maximum absolute atomic E-state index is 11.9. The van der Waals surface area contributed by atoms with Gasteiger partial charge in [-0.1, -0.05) is 24.3 Å². The molecule has 1 heterocycles. The number of carbonyl (C=O) groups is 1. The van der Waals surface area contributed by atoms with Gasteiger partial charge in [0.1, 0.15) is 0 Å². The van der Waals surface area contributed by atoms with Crippen LogP contribution in [0.4, 0.5) is 0 Å². The van der Waals surface area contributed by atoms with Crippen LogP contribution in [-0.4, -0.2) is 48.8 Å². The molecule has 0 unspecified atom stereocenters. The number of hydrogen-bond donors (Lipinski definition) is 1. The van der Waals surface area contributed by atoms with Crippen LogP contribution >= 0.6 is 0 Å². The number of piperidine rings is 1. The van der Waals surface area contributed by atoms with E-state index in [0.29, 0.717) is 25.6 Å². The molecule has 1 fully saturated rings. The second kappa shape index (κ2) is 6.39. The summed E-state index contributed by atoms with van der Waals surface area (Å²) in [5, 5.41) is 9.77. The van der Waals surface area contributed by atoms with E-state index in [0.717, 1.165) is 32.2 Å². The molecule has 1 aliphatic heterocycles. The van der Waals surface area contributed by atoms with Gasteiger partial charge in [0.05, 0.1) is 5.41 Å². The average molecular weight is 303 g/mol. The summed E-state index contributed by atoms with van der Waals surface area (Å²) >= 11 is 0. The number of ether oxygens (including phenoxy) is 1. The second-order valence-corrected chi connectivity index (χ2v) is 6.73. The van der Waals surface area contributed by atoms with Crippen LogP contribution in [0.15, 0.2) is 24.3 Å². The molecule has 0 amide bonds. The normalized spacial score (nSPS) is 26.0. The molecule has 1 aromatic rings. The highest BCUT2D eigenvalue weighted by molar-refractivity contribution is 5.75. The van der Waals surface area contributed by atoms with Crippen molar-refractivity contribution in [1.82, 2.24) is 4.90 Å². The third-order valence-electron chi connectivity index (χ3n) is 5.39. The standard InChI is InChI=1S/C18H25NO3/c1-22-10-8-18(17(20)21)7-4-9-19(13-18)16-11-14-5-2-3-6-15(14)12-16/h2-3,5-6,16H,4,7-13H2,1H3,(H,20,21)/t18-/m0/s1. The molecule has 0 bridgehead atoms. The zero-order valence-corrected chi connectivity index (χ0v) is 13.3. The second-order valence-electron chi connectivity index (χ2n) is 6.73. The summed E-state index contributed by atoms with van der Waals surface area (Å²) in [6.07, 6.45) is 4.44. The predicted molar refractivity (Wildman–Crippen MR) is 85.0 cm³/mol. The first kappa shape index (κ1) is 15.5. The highest BCUT2D eigenvalue weighted by Crippen LogP contribution is 2.37. The van der Waals surface area contributed by atoms with Crippen molar-refractivity contribution in [2.24, 2.45) is 5.41 Å². The number of likely N-dealkylation sites (tertiary alicyclic amines) is 1. The van der Waals surface area contributed by atoms with E-state index in [-0.39, 0.29) is 0 Å². The van der Waals surface area contributed by atoms with Crippen LogP contribution in [-0.2, 0) is 22.4 Å². The summed E-state index contributed by atoms with van der Waals surface area (Å²) in [6, 6.07) is 9.05. The van der Waals surface area contributed by atoms with Gasteiger partial charge in [-0.3, -0.25) is 9.69 Å². The van der Waals surface area contributed by atoms with Gasteiger partial charge < -0.3 is 9.84 Å². The van der Waals surface area contributed by atoms with Crippen LogP contribution in [0.1, 0.15) is 30.4 Å². The van der Waals surface area contributed by atoms with E-state index >= 15 is 0 Å². The van der Waals surface area contributed by atoms with Gasteiger partial charge in [0.15, 0.2) is 0 Å². The number of carboxylic acid groups (broad SMARTS) is 1. The molecular weight excluding hydrogens is 278 g/mol. The van der Waals surface area contributed by atoms with Crippen LogP contribution in [0.3, 0.4) is 0 Å². The summed E-state index contributed by atoms with van der Waals surface area (Å²) in [5.74, 6) is -0.662. The molecule has 120 valence electrons. The Morgan fingerprint density at radius 1 is 1.36 bits per heavy atom. The molecule has 3 rings (SSSR count). The Hall–Kier alpha value is -1.39. The topological polar surface area (TPSA) is 49.8 Å². The van der Waals surface area contributed by atoms with E-state index in [1.165, 1.54) is 11.1 Å². The molecule has 0 radical (unpaired) electrons. The zero-order valence-electron chi connectivity index (χ0n) is 13.3. The number of methoxy groups -OCH3 is 1. The van der Waals surface area contributed by atoms with Crippen molar-refractivity contribution in [2.45, 2.75) is 38.1 Å². The SMILES string of the molecule is COCC[C@@]1(C(=O)O)CCCN(C2Cc3ccccc3C2)C1. The minimum absolute atomic E-state index is 0.457. The van der Waals surface area contributed by atoms with Gasteiger partial charge in [0, 0.05) is 26.3 Å². The first-order chi connectivity index (χ1) is 10.6. The summed E-state index contributed by atoms with van der Waals surface area (Å²) in [6.45, 7) is 2.19. The van der Waals surface area contributed by atoms with Crippen LogP contribution < -0.4 is 0 Å². The van der Waals surface area contributed by atoms with E-state index in [9.17, 15) is 9.90 Å². The smallest absolute Gasteiger partial charge is 0.311 e. The molecule has 0 aromatic heterocycles. The van der Waals surface area contributed by atoms with Crippen LogP contribution in [0.5, 0.6) is 0 Å².